The molecule has 0 aliphatic carbocycles. The zero-order valence-corrected chi connectivity index (χ0v) is 21.9. The molecule has 0 heterocycles. The van der Waals surface area contributed by atoms with Crippen LogP contribution in [0.15, 0.2) is 72.8 Å². The number of esters is 4. The number of ether oxygens (including phenoxy) is 4. The Bertz CT molecular complexity index is 1180. The zero-order valence-electron chi connectivity index (χ0n) is 21.9. The van der Waals surface area contributed by atoms with Crippen molar-refractivity contribution in [2.75, 3.05) is 26.4 Å². The Morgan fingerprint density at radius 3 is 1.62 bits per heavy atom. The van der Waals surface area contributed by atoms with Crippen molar-refractivity contribution in [3.8, 4) is 0 Å². The first kappa shape index (κ1) is 30.9. The molecule has 0 saturated carbocycles. The molecule has 0 aliphatic heterocycles. The van der Waals surface area contributed by atoms with Crippen LogP contribution in [-0.4, -0.2) is 72.7 Å². The number of hydrogen-bond donors (Lipinski definition) is 2. The van der Waals surface area contributed by atoms with Crippen molar-refractivity contribution in [1.29, 1.82) is 0 Å². The van der Waals surface area contributed by atoms with Gasteiger partial charge in [-0.1, -0.05) is 37.4 Å². The van der Waals surface area contributed by atoms with E-state index in [4.69, 9.17) is 18.9 Å². The van der Waals surface area contributed by atoms with Crippen LogP contribution >= 0.6 is 0 Å². The lowest BCUT2D eigenvalue weighted by molar-refractivity contribution is -0.143. The summed E-state index contributed by atoms with van der Waals surface area (Å²) in [7, 11) is 0. The van der Waals surface area contributed by atoms with Gasteiger partial charge in [-0.3, -0.25) is 0 Å². The lowest BCUT2D eigenvalue weighted by atomic mass is 10.0. The van der Waals surface area contributed by atoms with E-state index in [0.717, 1.165) is 11.1 Å². The van der Waals surface area contributed by atoms with Crippen LogP contribution in [0.2, 0.25) is 0 Å². The lowest BCUT2D eigenvalue weighted by Gasteiger charge is -2.16. The summed E-state index contributed by atoms with van der Waals surface area (Å²) >= 11 is 0. The molecule has 208 valence electrons. The Labute approximate surface area is 226 Å². The van der Waals surface area contributed by atoms with Gasteiger partial charge in [0.05, 0.1) is 17.7 Å². The van der Waals surface area contributed by atoms with E-state index >= 15 is 0 Å². The fourth-order valence-electron chi connectivity index (χ4n) is 2.99. The third-order valence-corrected chi connectivity index (χ3v) is 5.18. The first-order chi connectivity index (χ1) is 18.5. The Kier molecular flexibility index (Phi) is 12.1. The third-order valence-electron chi connectivity index (χ3n) is 5.18. The summed E-state index contributed by atoms with van der Waals surface area (Å²) in [4.78, 5) is 47.4. The number of rotatable bonds is 14. The van der Waals surface area contributed by atoms with E-state index in [9.17, 15) is 29.4 Å². The Balaban J connectivity index is 1.84. The smallest absolute Gasteiger partial charge is 0.338 e. The Morgan fingerprint density at radius 1 is 0.718 bits per heavy atom. The van der Waals surface area contributed by atoms with Gasteiger partial charge in [0.1, 0.15) is 25.9 Å². The average molecular weight is 541 g/mol. The summed E-state index contributed by atoms with van der Waals surface area (Å²) in [6, 6.07) is 13.3. The summed E-state index contributed by atoms with van der Waals surface area (Å²) in [6.07, 6.45) is -1.65. The lowest BCUT2D eigenvalue weighted by Crippen LogP contribution is -2.28. The van der Waals surface area contributed by atoms with Crippen molar-refractivity contribution >= 4 is 23.9 Å². The van der Waals surface area contributed by atoms with Crippen molar-refractivity contribution < 1.29 is 48.3 Å². The van der Waals surface area contributed by atoms with Gasteiger partial charge < -0.3 is 29.2 Å². The van der Waals surface area contributed by atoms with Crippen molar-refractivity contribution in [3.63, 3.8) is 0 Å². The van der Waals surface area contributed by atoms with Crippen LogP contribution < -0.4 is 0 Å². The maximum Gasteiger partial charge on any atom is 0.338 e. The van der Waals surface area contributed by atoms with Crippen molar-refractivity contribution in [2.24, 2.45) is 0 Å². The number of carbonyl (C=O) groups excluding carboxylic acids is 4. The minimum atomic E-state index is -1.16. The second kappa shape index (κ2) is 15.2. The molecule has 2 aromatic rings. The van der Waals surface area contributed by atoms with Crippen LogP contribution in [0.1, 0.15) is 45.7 Å². The van der Waals surface area contributed by atoms with Gasteiger partial charge in [0.25, 0.3) is 0 Å². The quantitative estimate of drug-likeness (QED) is 0.208. The molecule has 39 heavy (non-hydrogen) atoms. The van der Waals surface area contributed by atoms with E-state index in [1.54, 1.807) is 48.5 Å². The van der Waals surface area contributed by atoms with Gasteiger partial charge in [-0.05, 0) is 55.7 Å². The van der Waals surface area contributed by atoms with Gasteiger partial charge in [-0.25, -0.2) is 19.2 Å². The van der Waals surface area contributed by atoms with Crippen LogP contribution in [0, 0.1) is 0 Å². The van der Waals surface area contributed by atoms with Gasteiger partial charge in [-0.2, -0.15) is 0 Å². The third kappa shape index (κ3) is 10.5. The number of aliphatic hydroxyl groups is 2. The average Bonchev–Trinajstić information content (AvgIpc) is 2.92. The number of benzene rings is 2. The molecule has 0 spiro atoms. The highest BCUT2D eigenvalue weighted by atomic mass is 16.6. The largest absolute Gasteiger partial charge is 0.459 e. The minimum Gasteiger partial charge on any atom is -0.459 e. The Morgan fingerprint density at radius 2 is 1.15 bits per heavy atom. The zero-order chi connectivity index (χ0) is 28.9. The number of carbonyl (C=O) groups is 4. The van der Waals surface area contributed by atoms with E-state index in [2.05, 4.69) is 13.2 Å². The molecule has 2 rings (SSSR count). The molecular formula is C29H32O10. The van der Waals surface area contributed by atoms with Crippen LogP contribution in [0.4, 0.5) is 0 Å². The molecule has 0 amide bonds. The van der Waals surface area contributed by atoms with Gasteiger partial charge in [0.2, 0.25) is 0 Å². The number of aliphatic hydroxyl groups excluding tert-OH is 2. The second-order valence-corrected chi connectivity index (χ2v) is 8.79. The highest BCUT2D eigenvalue weighted by molar-refractivity contribution is 5.90. The van der Waals surface area contributed by atoms with E-state index in [1.165, 1.54) is 13.8 Å². The highest BCUT2D eigenvalue weighted by Crippen LogP contribution is 2.14. The molecule has 0 aliphatic rings. The summed E-state index contributed by atoms with van der Waals surface area (Å²) in [5.41, 5.74) is 2.73. The molecule has 0 aromatic heterocycles. The molecule has 2 N–H and O–H groups in total. The molecule has 10 nitrogen and oxygen atoms in total. The maximum atomic E-state index is 12.4. The Hall–Kier alpha value is -4.28. The van der Waals surface area contributed by atoms with Crippen LogP contribution in [0.3, 0.4) is 0 Å². The normalized spacial score (nSPS) is 12.0. The SMILES string of the molecule is C=C(C)C(=O)OCC(O)COC(=O)c1ccc(Cc2ccc(C(=O)OC(CO)COC(=O)C(=C)C)cc2)cc1. The first-order valence-corrected chi connectivity index (χ1v) is 12.0. The van der Waals surface area contributed by atoms with Gasteiger partial charge in [0, 0.05) is 11.1 Å². The summed E-state index contributed by atoms with van der Waals surface area (Å²) in [6.45, 7) is 8.40. The maximum absolute atomic E-state index is 12.4. The van der Waals surface area contributed by atoms with E-state index < -0.39 is 42.7 Å². The van der Waals surface area contributed by atoms with E-state index in [-0.39, 0.29) is 42.1 Å². The molecule has 2 aromatic carbocycles. The van der Waals surface area contributed by atoms with Crippen molar-refractivity contribution in [2.45, 2.75) is 32.5 Å². The number of hydrogen-bond acceptors (Lipinski definition) is 10. The monoisotopic (exact) mass is 540 g/mol. The fourth-order valence-corrected chi connectivity index (χ4v) is 2.99. The predicted octanol–water partition coefficient (Wildman–Crippen LogP) is 2.55. The van der Waals surface area contributed by atoms with E-state index in [1.807, 2.05) is 0 Å². The standard InChI is InChI=1S/C29H32O10/c1-18(2)26(32)36-15-24(31)16-37-28(34)22-9-5-20(6-10-22)13-21-7-11-23(12-8-21)29(35)39-25(14-30)17-38-27(33)19(3)4/h5-12,24-25,30-31H,1,3,13-17H2,2,4H3. The van der Waals surface area contributed by atoms with Gasteiger partial charge in [-0.15, -0.1) is 0 Å². The molecule has 0 saturated heterocycles. The minimum absolute atomic E-state index is 0.193. The predicted molar refractivity (Wildman–Crippen MR) is 140 cm³/mol. The molecular weight excluding hydrogens is 508 g/mol. The van der Waals surface area contributed by atoms with Crippen LogP contribution in [0.25, 0.3) is 0 Å². The summed E-state index contributed by atoms with van der Waals surface area (Å²) in [5, 5.41) is 19.2. The van der Waals surface area contributed by atoms with Crippen molar-refractivity contribution in [1.82, 2.24) is 0 Å². The fraction of sp³-hybridized carbons (Fsp3) is 0.310. The molecule has 10 heteroatoms. The van der Waals surface area contributed by atoms with Crippen LogP contribution in [-0.2, 0) is 35.0 Å². The molecule has 0 bridgehead atoms. The van der Waals surface area contributed by atoms with Crippen LogP contribution in [0.5, 0.6) is 0 Å². The topological polar surface area (TPSA) is 146 Å². The molecule has 0 radical (unpaired) electrons. The van der Waals surface area contributed by atoms with Gasteiger partial charge >= 0.3 is 23.9 Å². The molecule has 2 unspecified atom stereocenters. The molecule has 2 atom stereocenters. The summed E-state index contributed by atoms with van der Waals surface area (Å²) < 4.78 is 20.0. The van der Waals surface area contributed by atoms with Crippen molar-refractivity contribution in [3.05, 3.63) is 95.1 Å². The molecule has 0 fully saturated rings. The first-order valence-electron chi connectivity index (χ1n) is 12.0. The van der Waals surface area contributed by atoms with E-state index in [0.29, 0.717) is 6.42 Å². The summed E-state index contributed by atoms with van der Waals surface area (Å²) in [5.74, 6) is -2.59. The highest BCUT2D eigenvalue weighted by Gasteiger charge is 2.18. The van der Waals surface area contributed by atoms with Gasteiger partial charge in [0.15, 0.2) is 6.10 Å². The second-order valence-electron chi connectivity index (χ2n) is 8.79.